The Labute approximate surface area is 99.9 Å². The summed E-state index contributed by atoms with van der Waals surface area (Å²) < 4.78 is 26.4. The van der Waals surface area contributed by atoms with Gasteiger partial charge >= 0.3 is 5.97 Å². The zero-order chi connectivity index (χ0) is 12.9. The molecule has 94 valence electrons. The van der Waals surface area contributed by atoms with Gasteiger partial charge in [-0.2, -0.15) is 0 Å². The molecule has 0 unspecified atom stereocenters. The van der Waals surface area contributed by atoms with Crippen LogP contribution in [0.4, 0.5) is 5.69 Å². The van der Waals surface area contributed by atoms with E-state index < -0.39 is 15.8 Å². The Morgan fingerprint density at radius 3 is 2.82 bits per heavy atom. The zero-order valence-electron chi connectivity index (χ0n) is 9.63. The normalized spacial score (nSPS) is 10.9. The minimum absolute atomic E-state index is 0.0306. The van der Waals surface area contributed by atoms with Crippen LogP contribution in [0.5, 0.6) is 0 Å². The Balaban J connectivity index is 2.63. The molecule has 1 rings (SSSR count). The molecule has 0 bridgehead atoms. The molecule has 0 saturated carbocycles. The summed E-state index contributed by atoms with van der Waals surface area (Å²) in [5, 5.41) is 2.89. The molecule has 0 fully saturated rings. The van der Waals surface area contributed by atoms with Crippen LogP contribution in [-0.4, -0.2) is 45.0 Å². The molecule has 6 nitrogen and oxygen atoms in total. The number of hydrogen-bond acceptors (Lipinski definition) is 6. The van der Waals surface area contributed by atoms with Crippen LogP contribution in [0.2, 0.25) is 0 Å². The Morgan fingerprint density at radius 2 is 2.24 bits per heavy atom. The van der Waals surface area contributed by atoms with Gasteiger partial charge in [-0.1, -0.05) is 0 Å². The van der Waals surface area contributed by atoms with Crippen molar-refractivity contribution in [1.82, 2.24) is 4.98 Å². The molecule has 0 aliphatic rings. The lowest BCUT2D eigenvalue weighted by molar-refractivity contribution is 0.0594. The van der Waals surface area contributed by atoms with Gasteiger partial charge in [0.2, 0.25) is 0 Å². The second kappa shape index (κ2) is 5.62. The van der Waals surface area contributed by atoms with Crippen molar-refractivity contribution in [3.05, 3.63) is 24.0 Å². The van der Waals surface area contributed by atoms with Crippen molar-refractivity contribution in [3.8, 4) is 0 Å². The molecule has 7 heteroatoms. The summed E-state index contributed by atoms with van der Waals surface area (Å²) in [6.45, 7) is 0.281. The second-order valence-electron chi connectivity index (χ2n) is 3.48. The molecule has 1 heterocycles. The average Bonchev–Trinajstić information content (AvgIpc) is 2.27. The molecule has 0 radical (unpaired) electrons. The number of carbonyl (C=O) groups excluding carboxylic acids is 1. The first-order chi connectivity index (χ1) is 7.92. The molecule has 0 saturated heterocycles. The number of methoxy groups -OCH3 is 1. The smallest absolute Gasteiger partial charge is 0.356 e. The van der Waals surface area contributed by atoms with Crippen LogP contribution in [0.25, 0.3) is 0 Å². The highest BCUT2D eigenvalue weighted by Crippen LogP contribution is 2.08. The molecule has 0 amide bonds. The van der Waals surface area contributed by atoms with E-state index in [1.54, 1.807) is 6.07 Å². The quantitative estimate of drug-likeness (QED) is 0.766. The van der Waals surface area contributed by atoms with Crippen LogP contribution in [0, 0.1) is 0 Å². The van der Waals surface area contributed by atoms with E-state index in [1.807, 2.05) is 0 Å². The summed E-state index contributed by atoms with van der Waals surface area (Å²) in [5.74, 6) is -0.500. The van der Waals surface area contributed by atoms with E-state index >= 15 is 0 Å². The topological polar surface area (TPSA) is 85.4 Å². The summed E-state index contributed by atoms with van der Waals surface area (Å²) in [7, 11) is -1.72. The van der Waals surface area contributed by atoms with Gasteiger partial charge in [-0.3, -0.25) is 0 Å². The van der Waals surface area contributed by atoms with Crippen molar-refractivity contribution in [2.75, 3.05) is 31.0 Å². The van der Waals surface area contributed by atoms with E-state index in [1.165, 1.54) is 25.6 Å². The molecule has 1 aromatic rings. The molecule has 17 heavy (non-hydrogen) atoms. The fraction of sp³-hybridized carbons (Fsp3) is 0.400. The maximum Gasteiger partial charge on any atom is 0.356 e. The third-order valence-electron chi connectivity index (χ3n) is 1.96. The lowest BCUT2D eigenvalue weighted by atomic mass is 10.3. The maximum atomic E-state index is 11.2. The van der Waals surface area contributed by atoms with Gasteiger partial charge in [0.1, 0.15) is 15.5 Å². The average molecular weight is 258 g/mol. The number of nitrogens with zero attached hydrogens (tertiary/aromatic N) is 1. The number of nitrogens with one attached hydrogen (secondary N) is 1. The molecule has 0 aliphatic heterocycles. The van der Waals surface area contributed by atoms with Crippen LogP contribution in [0.3, 0.4) is 0 Å². The first-order valence-electron chi connectivity index (χ1n) is 4.88. The number of ether oxygens (including phenoxy) is 1. The predicted octanol–water partition coefficient (Wildman–Crippen LogP) is 0.325. The summed E-state index contributed by atoms with van der Waals surface area (Å²) in [6.07, 6.45) is 2.62. The summed E-state index contributed by atoms with van der Waals surface area (Å²) in [5.41, 5.74) is 0.806. The SMILES string of the molecule is COC(=O)c1cc(NCCS(C)(=O)=O)ccn1. The van der Waals surface area contributed by atoms with Gasteiger partial charge in [-0.15, -0.1) is 0 Å². The molecule has 0 aliphatic carbocycles. The van der Waals surface area contributed by atoms with Gasteiger partial charge in [0, 0.05) is 24.7 Å². The van der Waals surface area contributed by atoms with Crippen LogP contribution >= 0.6 is 0 Å². The number of sulfone groups is 1. The Hall–Kier alpha value is -1.63. The van der Waals surface area contributed by atoms with Gasteiger partial charge in [-0.05, 0) is 12.1 Å². The molecule has 1 N–H and O–H groups in total. The Bertz CT molecular complexity index is 499. The van der Waals surface area contributed by atoms with Crippen molar-refractivity contribution >= 4 is 21.5 Å². The lowest BCUT2D eigenvalue weighted by Gasteiger charge is -2.06. The van der Waals surface area contributed by atoms with E-state index in [-0.39, 0.29) is 18.0 Å². The van der Waals surface area contributed by atoms with Crippen LogP contribution in [0.15, 0.2) is 18.3 Å². The molecule has 0 spiro atoms. The van der Waals surface area contributed by atoms with Crippen molar-refractivity contribution in [3.63, 3.8) is 0 Å². The molecular formula is C10H14N2O4S. The number of pyridine rings is 1. The molecule has 1 aromatic heterocycles. The summed E-state index contributed by atoms with van der Waals surface area (Å²) >= 11 is 0. The Kier molecular flexibility index (Phi) is 4.45. The highest BCUT2D eigenvalue weighted by atomic mass is 32.2. The van der Waals surface area contributed by atoms with Crippen molar-refractivity contribution < 1.29 is 17.9 Å². The fourth-order valence-electron chi connectivity index (χ4n) is 1.14. The lowest BCUT2D eigenvalue weighted by Crippen LogP contribution is -2.14. The number of anilines is 1. The molecular weight excluding hydrogens is 244 g/mol. The fourth-order valence-corrected chi connectivity index (χ4v) is 1.61. The minimum atomic E-state index is -3.00. The molecule has 0 aromatic carbocycles. The van der Waals surface area contributed by atoms with Crippen LogP contribution < -0.4 is 5.32 Å². The van der Waals surface area contributed by atoms with E-state index in [2.05, 4.69) is 15.0 Å². The van der Waals surface area contributed by atoms with E-state index in [0.717, 1.165) is 0 Å². The van der Waals surface area contributed by atoms with Gasteiger partial charge in [0.15, 0.2) is 0 Å². The van der Waals surface area contributed by atoms with Gasteiger partial charge in [0.05, 0.1) is 12.9 Å². The van der Waals surface area contributed by atoms with E-state index in [0.29, 0.717) is 5.69 Å². The second-order valence-corrected chi connectivity index (χ2v) is 5.74. The van der Waals surface area contributed by atoms with Gasteiger partial charge < -0.3 is 10.1 Å². The third-order valence-corrected chi connectivity index (χ3v) is 2.90. The zero-order valence-corrected chi connectivity index (χ0v) is 10.5. The summed E-state index contributed by atoms with van der Waals surface area (Å²) in [6, 6.07) is 3.16. The van der Waals surface area contributed by atoms with E-state index in [4.69, 9.17) is 0 Å². The molecule has 0 atom stereocenters. The third kappa shape index (κ3) is 4.81. The highest BCUT2D eigenvalue weighted by Gasteiger charge is 2.07. The number of rotatable bonds is 5. The number of aromatic nitrogens is 1. The van der Waals surface area contributed by atoms with Gasteiger partial charge in [-0.25, -0.2) is 18.2 Å². The number of carbonyl (C=O) groups is 1. The predicted molar refractivity (Wildman–Crippen MR) is 63.8 cm³/mol. The van der Waals surface area contributed by atoms with E-state index in [9.17, 15) is 13.2 Å². The van der Waals surface area contributed by atoms with Crippen LogP contribution in [-0.2, 0) is 14.6 Å². The first kappa shape index (κ1) is 13.4. The van der Waals surface area contributed by atoms with Gasteiger partial charge in [0.25, 0.3) is 0 Å². The maximum absolute atomic E-state index is 11.2. The van der Waals surface area contributed by atoms with Crippen molar-refractivity contribution in [2.45, 2.75) is 0 Å². The van der Waals surface area contributed by atoms with Crippen LogP contribution in [0.1, 0.15) is 10.5 Å². The first-order valence-corrected chi connectivity index (χ1v) is 6.94. The minimum Gasteiger partial charge on any atom is -0.464 e. The number of esters is 1. The Morgan fingerprint density at radius 1 is 1.53 bits per heavy atom. The standard InChI is InChI=1S/C10H14N2O4S/c1-16-10(13)9-7-8(3-4-12-9)11-5-6-17(2,14)15/h3-4,7H,5-6H2,1-2H3,(H,11,12). The highest BCUT2D eigenvalue weighted by molar-refractivity contribution is 7.90. The largest absolute Gasteiger partial charge is 0.464 e. The monoisotopic (exact) mass is 258 g/mol. The number of hydrogen-bond donors (Lipinski definition) is 1. The summed E-state index contributed by atoms with van der Waals surface area (Å²) in [4.78, 5) is 15.0. The van der Waals surface area contributed by atoms with Crippen molar-refractivity contribution in [2.24, 2.45) is 0 Å². The van der Waals surface area contributed by atoms with Crippen molar-refractivity contribution in [1.29, 1.82) is 0 Å².